The van der Waals surface area contributed by atoms with Crippen LogP contribution in [0.25, 0.3) is 5.76 Å². The van der Waals surface area contributed by atoms with Crippen molar-refractivity contribution in [1.82, 2.24) is 4.98 Å². The second-order valence-electron chi connectivity index (χ2n) is 10.8. The minimum absolute atomic E-state index is 0.00304. The van der Waals surface area contributed by atoms with Gasteiger partial charge in [-0.15, -0.1) is 0 Å². The molecular formula is C33H34N2O9S. The van der Waals surface area contributed by atoms with E-state index in [9.17, 15) is 19.5 Å². The van der Waals surface area contributed by atoms with Gasteiger partial charge in [0.2, 0.25) is 0 Å². The van der Waals surface area contributed by atoms with Crippen molar-refractivity contribution in [3.05, 3.63) is 76.3 Å². The number of hydrogen-bond donors (Lipinski definition) is 1. The van der Waals surface area contributed by atoms with Gasteiger partial charge in [0.25, 0.3) is 5.78 Å². The number of Topliss-reactive ketones (excluding diaryl/α,β-unsaturated/α-hetero) is 1. The molecule has 2 aliphatic heterocycles. The molecule has 236 valence electrons. The fraction of sp³-hybridized carbons (Fsp3) is 0.333. The highest BCUT2D eigenvalue weighted by Crippen LogP contribution is 2.46. The van der Waals surface area contributed by atoms with Crippen molar-refractivity contribution in [3.8, 4) is 23.0 Å². The Morgan fingerprint density at radius 3 is 2.62 bits per heavy atom. The van der Waals surface area contributed by atoms with Crippen molar-refractivity contribution in [1.29, 1.82) is 0 Å². The molecule has 0 aliphatic carbocycles. The van der Waals surface area contributed by atoms with Crippen molar-refractivity contribution in [2.45, 2.75) is 33.2 Å². The second kappa shape index (κ2) is 13.4. The normalized spacial score (nSPS) is 17.0. The minimum Gasteiger partial charge on any atom is -0.507 e. The number of esters is 1. The number of ketones is 1. The van der Waals surface area contributed by atoms with E-state index in [0.29, 0.717) is 60.0 Å². The smallest absolute Gasteiger partial charge is 0.350 e. The quantitative estimate of drug-likeness (QED) is 0.0931. The van der Waals surface area contributed by atoms with Crippen LogP contribution in [-0.4, -0.2) is 61.3 Å². The van der Waals surface area contributed by atoms with Crippen molar-refractivity contribution >= 4 is 39.9 Å². The van der Waals surface area contributed by atoms with E-state index >= 15 is 0 Å². The van der Waals surface area contributed by atoms with Crippen molar-refractivity contribution in [2.24, 2.45) is 5.92 Å². The SMILES string of the molecule is C=CCOC(=O)c1sc(N2C(=O)C(=O)C(=C(O)c3ccc4c(c3)OCCO4)C2c2ccc(OCCC(C)C)c(OC)c2)nc1C. The van der Waals surface area contributed by atoms with E-state index in [2.05, 4.69) is 25.4 Å². The Labute approximate surface area is 264 Å². The lowest BCUT2D eigenvalue weighted by molar-refractivity contribution is -0.132. The summed E-state index contributed by atoms with van der Waals surface area (Å²) in [5.74, 6) is -0.675. The number of fused-ring (bicyclic) bond motifs is 1. The Kier molecular flexibility index (Phi) is 9.43. The molecule has 0 saturated carbocycles. The summed E-state index contributed by atoms with van der Waals surface area (Å²) >= 11 is 0.911. The molecule has 12 heteroatoms. The molecule has 3 aromatic rings. The van der Waals surface area contributed by atoms with E-state index in [1.807, 2.05) is 0 Å². The molecular weight excluding hydrogens is 600 g/mol. The van der Waals surface area contributed by atoms with Crippen LogP contribution in [0.2, 0.25) is 0 Å². The first-order valence-corrected chi connectivity index (χ1v) is 15.2. The number of thiazole rings is 1. The summed E-state index contributed by atoms with van der Waals surface area (Å²) in [5.41, 5.74) is 0.857. The lowest BCUT2D eigenvalue weighted by Gasteiger charge is -2.24. The number of aliphatic hydroxyl groups is 1. The number of methoxy groups -OCH3 is 1. The maximum absolute atomic E-state index is 13.7. The van der Waals surface area contributed by atoms with Crippen LogP contribution in [0.5, 0.6) is 23.0 Å². The minimum atomic E-state index is -1.13. The van der Waals surface area contributed by atoms with Crippen LogP contribution in [0.1, 0.15) is 52.8 Å². The second-order valence-corrected chi connectivity index (χ2v) is 11.7. The summed E-state index contributed by atoms with van der Waals surface area (Å²) in [5, 5.41) is 11.7. The van der Waals surface area contributed by atoms with Crippen LogP contribution in [0.3, 0.4) is 0 Å². The molecule has 45 heavy (non-hydrogen) atoms. The lowest BCUT2D eigenvalue weighted by Crippen LogP contribution is -2.29. The first-order valence-electron chi connectivity index (χ1n) is 14.4. The molecule has 1 fully saturated rings. The van der Waals surface area contributed by atoms with Gasteiger partial charge in [-0.2, -0.15) is 0 Å². The van der Waals surface area contributed by atoms with Gasteiger partial charge in [0.15, 0.2) is 28.1 Å². The van der Waals surface area contributed by atoms with Gasteiger partial charge in [0.05, 0.1) is 31.0 Å². The average molecular weight is 635 g/mol. The summed E-state index contributed by atoms with van der Waals surface area (Å²) in [6.07, 6.45) is 2.27. The Balaban J connectivity index is 1.64. The number of carbonyl (C=O) groups excluding carboxylic acids is 3. The molecule has 1 N–H and O–H groups in total. The molecule has 5 rings (SSSR count). The number of aromatic nitrogens is 1. The molecule has 2 aromatic carbocycles. The van der Waals surface area contributed by atoms with Gasteiger partial charge in [-0.05, 0) is 55.2 Å². The molecule has 1 amide bonds. The van der Waals surface area contributed by atoms with Crippen LogP contribution in [0.15, 0.2) is 54.6 Å². The Hall–Kier alpha value is -4.84. The number of ether oxygens (including phenoxy) is 5. The standard InChI is InChI=1S/C33H34N2O9S/c1-6-12-44-32(39)30-19(4)34-33(45-30)35-27(20-7-9-22(24(16-20)40-5)41-13-11-18(2)3)26(29(37)31(35)38)28(36)21-8-10-23-25(17-21)43-15-14-42-23/h6-10,16-18,27,36H,1,11-15H2,2-5H3. The van der Waals surface area contributed by atoms with E-state index in [1.54, 1.807) is 43.3 Å². The summed E-state index contributed by atoms with van der Waals surface area (Å²) in [6.45, 7) is 10.5. The monoisotopic (exact) mass is 634 g/mol. The molecule has 1 atom stereocenters. The molecule has 0 radical (unpaired) electrons. The molecule has 3 heterocycles. The highest BCUT2D eigenvalue weighted by atomic mass is 32.1. The van der Waals surface area contributed by atoms with Crippen LogP contribution in [-0.2, 0) is 14.3 Å². The van der Waals surface area contributed by atoms with Crippen molar-refractivity contribution in [2.75, 3.05) is 38.4 Å². The van der Waals surface area contributed by atoms with Gasteiger partial charge < -0.3 is 28.8 Å². The number of anilines is 1. The third-order valence-electron chi connectivity index (χ3n) is 7.23. The predicted octanol–water partition coefficient (Wildman–Crippen LogP) is 5.63. The van der Waals surface area contributed by atoms with Crippen LogP contribution in [0, 0.1) is 12.8 Å². The Morgan fingerprint density at radius 1 is 1.16 bits per heavy atom. The zero-order chi connectivity index (χ0) is 32.2. The Bertz CT molecular complexity index is 1680. The summed E-state index contributed by atoms with van der Waals surface area (Å²) in [7, 11) is 1.49. The molecule has 1 saturated heterocycles. The molecule has 0 bridgehead atoms. The molecule has 11 nitrogen and oxygen atoms in total. The number of aryl methyl sites for hydroxylation is 1. The number of amides is 1. The summed E-state index contributed by atoms with van der Waals surface area (Å²) in [4.78, 5) is 46.0. The number of rotatable bonds is 11. The number of aliphatic hydroxyl groups excluding tert-OH is 1. The molecule has 2 aliphatic rings. The molecule has 0 spiro atoms. The number of nitrogens with zero attached hydrogens (tertiary/aromatic N) is 2. The van der Waals surface area contributed by atoms with Gasteiger partial charge in [0, 0.05) is 5.56 Å². The number of hydrogen-bond acceptors (Lipinski definition) is 11. The van der Waals surface area contributed by atoms with Crippen molar-refractivity contribution in [3.63, 3.8) is 0 Å². The number of benzene rings is 2. The fourth-order valence-corrected chi connectivity index (χ4v) is 5.93. The fourth-order valence-electron chi connectivity index (χ4n) is 4.94. The van der Waals surface area contributed by atoms with E-state index < -0.39 is 29.5 Å². The molecule has 1 unspecified atom stereocenters. The van der Waals surface area contributed by atoms with Gasteiger partial charge in [-0.1, -0.05) is 43.9 Å². The maximum Gasteiger partial charge on any atom is 0.350 e. The third kappa shape index (κ3) is 6.37. The summed E-state index contributed by atoms with van der Waals surface area (Å²) < 4.78 is 28.0. The van der Waals surface area contributed by atoms with Gasteiger partial charge in [-0.25, -0.2) is 9.78 Å². The topological polar surface area (TPSA) is 134 Å². The van der Waals surface area contributed by atoms with Crippen LogP contribution >= 0.6 is 11.3 Å². The predicted molar refractivity (Wildman–Crippen MR) is 167 cm³/mol. The van der Waals surface area contributed by atoms with Gasteiger partial charge in [0.1, 0.15) is 30.5 Å². The zero-order valence-electron chi connectivity index (χ0n) is 25.5. The van der Waals surface area contributed by atoms with E-state index in [0.717, 1.165) is 17.8 Å². The summed E-state index contributed by atoms with van der Waals surface area (Å²) in [6, 6.07) is 8.71. The zero-order valence-corrected chi connectivity index (χ0v) is 26.3. The van der Waals surface area contributed by atoms with Crippen LogP contribution in [0.4, 0.5) is 5.13 Å². The first kappa shape index (κ1) is 31.6. The maximum atomic E-state index is 13.7. The Morgan fingerprint density at radius 2 is 1.91 bits per heavy atom. The van der Waals surface area contributed by atoms with E-state index in [4.69, 9.17) is 23.7 Å². The van der Waals surface area contributed by atoms with Crippen LogP contribution < -0.4 is 23.8 Å². The largest absolute Gasteiger partial charge is 0.507 e. The van der Waals surface area contributed by atoms with E-state index in [-0.39, 0.29) is 27.8 Å². The average Bonchev–Trinajstić information content (AvgIpc) is 3.55. The third-order valence-corrected chi connectivity index (χ3v) is 8.36. The van der Waals surface area contributed by atoms with Gasteiger partial charge >= 0.3 is 11.9 Å². The first-order chi connectivity index (χ1) is 21.6. The van der Waals surface area contributed by atoms with E-state index in [1.165, 1.54) is 18.1 Å². The lowest BCUT2D eigenvalue weighted by atomic mass is 9.95. The highest BCUT2D eigenvalue weighted by Gasteiger charge is 2.48. The van der Waals surface area contributed by atoms with Crippen molar-refractivity contribution < 1.29 is 43.2 Å². The number of carbonyl (C=O) groups is 3. The highest BCUT2D eigenvalue weighted by molar-refractivity contribution is 7.17. The van der Waals surface area contributed by atoms with Gasteiger partial charge in [-0.3, -0.25) is 14.5 Å². The molecule has 1 aromatic heterocycles.